The molecule has 1 atom stereocenters. The van der Waals surface area contributed by atoms with Gasteiger partial charge in [0.25, 0.3) is 5.91 Å². The zero-order valence-electron chi connectivity index (χ0n) is 13.0. The van der Waals surface area contributed by atoms with E-state index in [2.05, 4.69) is 20.0 Å². The molecular formula is C15H16F3N3O3. The van der Waals surface area contributed by atoms with Gasteiger partial charge in [-0.05, 0) is 18.1 Å². The van der Waals surface area contributed by atoms with E-state index in [1.165, 1.54) is 24.3 Å². The van der Waals surface area contributed by atoms with Gasteiger partial charge in [0.2, 0.25) is 5.82 Å². The van der Waals surface area contributed by atoms with Gasteiger partial charge in [-0.3, -0.25) is 4.79 Å². The van der Waals surface area contributed by atoms with Crippen LogP contribution in [0.15, 0.2) is 28.8 Å². The minimum Gasteiger partial charge on any atom is -0.394 e. The van der Waals surface area contributed by atoms with E-state index in [-0.39, 0.29) is 30.0 Å². The van der Waals surface area contributed by atoms with Crippen LogP contribution in [0.2, 0.25) is 0 Å². The summed E-state index contributed by atoms with van der Waals surface area (Å²) < 4.78 is 41.5. The topological polar surface area (TPSA) is 88.2 Å². The Morgan fingerprint density at radius 2 is 1.92 bits per heavy atom. The second-order valence-corrected chi connectivity index (χ2v) is 5.50. The number of amides is 1. The normalized spacial score (nSPS) is 13.1. The third-order valence-corrected chi connectivity index (χ3v) is 3.39. The van der Waals surface area contributed by atoms with Crippen LogP contribution in [0.1, 0.15) is 30.1 Å². The molecule has 1 aromatic heterocycles. The smallest absolute Gasteiger partial charge is 0.394 e. The highest BCUT2D eigenvalue weighted by atomic mass is 19.4. The SMILES string of the molecule is CC(C)C(CO)NC(=O)c1ccc(-c2noc(C(F)(F)F)n2)cc1. The summed E-state index contributed by atoms with van der Waals surface area (Å²) in [6.45, 7) is 3.53. The first-order chi connectivity index (χ1) is 11.2. The van der Waals surface area contributed by atoms with E-state index < -0.39 is 18.0 Å². The molecule has 1 amide bonds. The Balaban J connectivity index is 2.13. The van der Waals surface area contributed by atoms with E-state index in [4.69, 9.17) is 0 Å². The first kappa shape index (κ1) is 17.9. The van der Waals surface area contributed by atoms with Crippen molar-refractivity contribution in [3.8, 4) is 11.4 Å². The number of hydrogen-bond donors (Lipinski definition) is 2. The molecule has 0 aliphatic carbocycles. The molecule has 24 heavy (non-hydrogen) atoms. The number of carbonyl (C=O) groups excluding carboxylic acids is 1. The van der Waals surface area contributed by atoms with Crippen molar-refractivity contribution in [3.05, 3.63) is 35.7 Å². The number of aliphatic hydroxyl groups excluding tert-OH is 1. The highest BCUT2D eigenvalue weighted by Gasteiger charge is 2.38. The molecule has 0 aliphatic rings. The molecule has 0 radical (unpaired) electrons. The molecule has 0 spiro atoms. The van der Waals surface area contributed by atoms with Gasteiger partial charge in [-0.25, -0.2) is 0 Å². The average Bonchev–Trinajstić information content (AvgIpc) is 3.02. The van der Waals surface area contributed by atoms with Crippen molar-refractivity contribution >= 4 is 5.91 Å². The molecule has 0 saturated heterocycles. The summed E-state index contributed by atoms with van der Waals surface area (Å²) in [5.41, 5.74) is 0.589. The summed E-state index contributed by atoms with van der Waals surface area (Å²) >= 11 is 0. The van der Waals surface area contributed by atoms with Crippen molar-refractivity contribution < 1.29 is 27.6 Å². The third kappa shape index (κ3) is 4.10. The Hall–Kier alpha value is -2.42. The van der Waals surface area contributed by atoms with E-state index in [1.54, 1.807) is 0 Å². The standard InChI is InChI=1S/C15H16F3N3O3/c1-8(2)11(7-22)19-13(23)10-5-3-9(4-6-10)12-20-14(24-21-12)15(16,17)18/h3-6,8,11,22H,7H2,1-2H3,(H,19,23). The van der Waals surface area contributed by atoms with E-state index in [1.807, 2.05) is 13.8 Å². The lowest BCUT2D eigenvalue weighted by Gasteiger charge is -2.19. The number of nitrogens with zero attached hydrogens (tertiary/aromatic N) is 2. The van der Waals surface area contributed by atoms with Crippen LogP contribution in [0.25, 0.3) is 11.4 Å². The number of halogens is 3. The zero-order valence-corrected chi connectivity index (χ0v) is 13.0. The lowest BCUT2D eigenvalue weighted by molar-refractivity contribution is -0.159. The Morgan fingerprint density at radius 3 is 2.38 bits per heavy atom. The molecule has 0 aliphatic heterocycles. The average molecular weight is 343 g/mol. The molecule has 0 fully saturated rings. The second-order valence-electron chi connectivity index (χ2n) is 5.50. The maximum Gasteiger partial charge on any atom is 0.471 e. The fourth-order valence-corrected chi connectivity index (χ4v) is 1.90. The van der Waals surface area contributed by atoms with Crippen LogP contribution in [-0.2, 0) is 6.18 Å². The highest BCUT2D eigenvalue weighted by molar-refractivity contribution is 5.94. The summed E-state index contributed by atoms with van der Waals surface area (Å²) in [6.07, 6.45) is -4.71. The van der Waals surface area contributed by atoms with E-state index >= 15 is 0 Å². The maximum absolute atomic E-state index is 12.4. The molecule has 0 saturated carbocycles. The molecule has 1 heterocycles. The van der Waals surface area contributed by atoms with Crippen molar-refractivity contribution in [1.29, 1.82) is 0 Å². The minimum absolute atomic E-state index is 0.0540. The van der Waals surface area contributed by atoms with Gasteiger partial charge in [0.05, 0.1) is 12.6 Å². The number of benzene rings is 1. The molecule has 2 N–H and O–H groups in total. The third-order valence-electron chi connectivity index (χ3n) is 3.39. The number of nitrogens with one attached hydrogen (secondary N) is 1. The fraction of sp³-hybridized carbons (Fsp3) is 0.400. The van der Waals surface area contributed by atoms with Crippen molar-refractivity contribution in [2.24, 2.45) is 5.92 Å². The molecule has 1 unspecified atom stereocenters. The zero-order chi connectivity index (χ0) is 17.9. The Bertz CT molecular complexity index is 696. The van der Waals surface area contributed by atoms with Gasteiger partial charge in [0, 0.05) is 11.1 Å². The molecule has 1 aromatic carbocycles. The maximum atomic E-state index is 12.4. The largest absolute Gasteiger partial charge is 0.471 e. The number of aromatic nitrogens is 2. The van der Waals surface area contributed by atoms with Crippen LogP contribution in [0.4, 0.5) is 13.2 Å². The number of carbonyl (C=O) groups is 1. The molecule has 0 bridgehead atoms. The van der Waals surface area contributed by atoms with Crippen LogP contribution in [0, 0.1) is 5.92 Å². The molecule has 2 rings (SSSR count). The number of aliphatic hydroxyl groups is 1. The van der Waals surface area contributed by atoms with Gasteiger partial charge in [0.15, 0.2) is 0 Å². The van der Waals surface area contributed by atoms with Crippen molar-refractivity contribution in [1.82, 2.24) is 15.5 Å². The molecule has 6 nitrogen and oxygen atoms in total. The number of alkyl halides is 3. The van der Waals surface area contributed by atoms with Crippen LogP contribution in [-0.4, -0.2) is 33.8 Å². The van der Waals surface area contributed by atoms with Gasteiger partial charge >= 0.3 is 12.1 Å². The van der Waals surface area contributed by atoms with Gasteiger partial charge < -0.3 is 14.9 Å². The predicted octanol–water partition coefficient (Wildman–Crippen LogP) is 2.50. The number of rotatable bonds is 5. The number of hydrogen-bond acceptors (Lipinski definition) is 5. The van der Waals surface area contributed by atoms with Gasteiger partial charge in [-0.1, -0.05) is 31.1 Å². The minimum atomic E-state index is -4.71. The first-order valence-electron chi connectivity index (χ1n) is 7.15. The summed E-state index contributed by atoms with van der Waals surface area (Å²) in [4.78, 5) is 15.4. The quantitative estimate of drug-likeness (QED) is 0.871. The Labute approximate surface area is 135 Å². The van der Waals surface area contributed by atoms with Gasteiger partial charge in [-0.15, -0.1) is 0 Å². The second kappa shape index (κ2) is 7.00. The first-order valence-corrected chi connectivity index (χ1v) is 7.15. The summed E-state index contributed by atoms with van der Waals surface area (Å²) in [5, 5.41) is 15.2. The lowest BCUT2D eigenvalue weighted by atomic mass is 10.0. The lowest BCUT2D eigenvalue weighted by Crippen LogP contribution is -2.41. The van der Waals surface area contributed by atoms with Gasteiger partial charge in [0.1, 0.15) is 0 Å². The summed E-state index contributed by atoms with van der Waals surface area (Å²) in [5.74, 6) is -1.98. The van der Waals surface area contributed by atoms with Crippen LogP contribution < -0.4 is 5.32 Å². The molecule has 9 heteroatoms. The van der Waals surface area contributed by atoms with Gasteiger partial charge in [-0.2, -0.15) is 18.2 Å². The van der Waals surface area contributed by atoms with Crippen LogP contribution in [0.5, 0.6) is 0 Å². The highest BCUT2D eigenvalue weighted by Crippen LogP contribution is 2.29. The predicted molar refractivity (Wildman–Crippen MR) is 77.9 cm³/mol. The van der Waals surface area contributed by atoms with Crippen LogP contribution >= 0.6 is 0 Å². The van der Waals surface area contributed by atoms with E-state index in [0.717, 1.165) is 0 Å². The van der Waals surface area contributed by atoms with E-state index in [0.29, 0.717) is 5.56 Å². The van der Waals surface area contributed by atoms with Crippen LogP contribution in [0.3, 0.4) is 0 Å². The van der Waals surface area contributed by atoms with Crippen molar-refractivity contribution in [2.45, 2.75) is 26.1 Å². The fourth-order valence-electron chi connectivity index (χ4n) is 1.90. The Kier molecular flexibility index (Phi) is 5.23. The Morgan fingerprint density at radius 1 is 1.29 bits per heavy atom. The van der Waals surface area contributed by atoms with E-state index in [9.17, 15) is 23.1 Å². The monoisotopic (exact) mass is 343 g/mol. The summed E-state index contributed by atoms with van der Waals surface area (Å²) in [6, 6.07) is 5.32. The molecule has 2 aromatic rings. The van der Waals surface area contributed by atoms with Crippen molar-refractivity contribution in [3.63, 3.8) is 0 Å². The molecule has 130 valence electrons. The summed E-state index contributed by atoms with van der Waals surface area (Å²) in [7, 11) is 0. The van der Waals surface area contributed by atoms with Crippen molar-refractivity contribution in [2.75, 3.05) is 6.61 Å². The molecular weight excluding hydrogens is 327 g/mol.